The zero-order valence-corrected chi connectivity index (χ0v) is 12.0. The molecule has 2 aromatic rings. The van der Waals surface area contributed by atoms with Gasteiger partial charge in [-0.25, -0.2) is 0 Å². The lowest BCUT2D eigenvalue weighted by atomic mass is 9.89. The number of aromatic nitrogens is 1. The molecule has 1 fully saturated rings. The molecule has 1 aromatic heterocycles. The fourth-order valence-corrected chi connectivity index (χ4v) is 3.07. The molecular weight excluding hydrogens is 252 g/mol. The molecule has 1 aromatic carbocycles. The van der Waals surface area contributed by atoms with Crippen LogP contribution in [0.3, 0.4) is 0 Å². The van der Waals surface area contributed by atoms with Crippen LogP contribution >= 0.6 is 0 Å². The minimum atomic E-state index is 0.131. The molecule has 0 unspecified atom stereocenters. The first kappa shape index (κ1) is 13.2. The van der Waals surface area contributed by atoms with E-state index >= 15 is 0 Å². The van der Waals surface area contributed by atoms with Gasteiger partial charge in [-0.05, 0) is 38.1 Å². The van der Waals surface area contributed by atoms with E-state index in [2.05, 4.69) is 5.32 Å². The van der Waals surface area contributed by atoms with Gasteiger partial charge in [0.15, 0.2) is 5.78 Å². The topological polar surface area (TPSA) is 43.3 Å². The van der Waals surface area contributed by atoms with Crippen LogP contribution in [0.5, 0.6) is 5.75 Å². The van der Waals surface area contributed by atoms with Gasteiger partial charge in [0.1, 0.15) is 5.75 Å². The standard InChI is InChI=1S/C16H20N2O2/c1-18-10-12(16(19)11-6-8-17-9-7-11)15-13(18)4-3-5-14(15)20-2/h3-5,10-11,17H,6-9H2,1-2H3. The molecule has 0 atom stereocenters. The van der Waals surface area contributed by atoms with Crippen molar-refractivity contribution < 1.29 is 9.53 Å². The molecule has 3 rings (SSSR count). The van der Waals surface area contributed by atoms with E-state index in [1.807, 2.05) is 36.0 Å². The van der Waals surface area contributed by atoms with E-state index in [9.17, 15) is 4.79 Å². The molecule has 0 radical (unpaired) electrons. The predicted octanol–water partition coefficient (Wildman–Crippen LogP) is 2.37. The molecule has 20 heavy (non-hydrogen) atoms. The van der Waals surface area contributed by atoms with Gasteiger partial charge in [0.2, 0.25) is 0 Å². The number of Topliss-reactive ketones (excluding diaryl/α,β-unsaturated/α-hetero) is 1. The molecule has 1 aliphatic rings. The molecule has 0 saturated carbocycles. The molecule has 2 heterocycles. The Hall–Kier alpha value is -1.81. The van der Waals surface area contributed by atoms with Gasteiger partial charge >= 0.3 is 0 Å². The van der Waals surface area contributed by atoms with Gasteiger partial charge in [-0.15, -0.1) is 0 Å². The van der Waals surface area contributed by atoms with Crippen LogP contribution in [0.15, 0.2) is 24.4 Å². The fraction of sp³-hybridized carbons (Fsp3) is 0.438. The Kier molecular flexibility index (Phi) is 3.49. The van der Waals surface area contributed by atoms with Gasteiger partial charge in [0.05, 0.1) is 18.0 Å². The summed E-state index contributed by atoms with van der Waals surface area (Å²) < 4.78 is 7.45. The highest BCUT2D eigenvalue weighted by atomic mass is 16.5. The monoisotopic (exact) mass is 272 g/mol. The van der Waals surface area contributed by atoms with Crippen molar-refractivity contribution in [3.05, 3.63) is 30.0 Å². The summed E-state index contributed by atoms with van der Waals surface area (Å²) in [5.74, 6) is 1.16. The summed E-state index contributed by atoms with van der Waals surface area (Å²) in [6, 6.07) is 5.90. The van der Waals surface area contributed by atoms with Crippen LogP contribution in [0.4, 0.5) is 0 Å². The summed E-state index contributed by atoms with van der Waals surface area (Å²) in [6.45, 7) is 1.86. The Balaban J connectivity index is 2.08. The highest BCUT2D eigenvalue weighted by Gasteiger charge is 2.26. The molecule has 0 amide bonds. The Morgan fingerprint density at radius 3 is 2.80 bits per heavy atom. The lowest BCUT2D eigenvalue weighted by Gasteiger charge is -2.21. The Labute approximate surface area is 118 Å². The molecule has 0 spiro atoms. The zero-order valence-electron chi connectivity index (χ0n) is 12.0. The highest BCUT2D eigenvalue weighted by molar-refractivity contribution is 6.11. The van der Waals surface area contributed by atoms with Crippen molar-refractivity contribution in [3.63, 3.8) is 0 Å². The average molecular weight is 272 g/mol. The zero-order chi connectivity index (χ0) is 14.1. The summed E-state index contributed by atoms with van der Waals surface area (Å²) in [7, 11) is 3.63. The van der Waals surface area contributed by atoms with Gasteiger partial charge in [-0.1, -0.05) is 6.07 Å². The molecule has 4 heteroatoms. The fourth-order valence-electron chi connectivity index (χ4n) is 3.07. The van der Waals surface area contributed by atoms with Crippen LogP contribution in [0.25, 0.3) is 10.9 Å². The number of hydrogen-bond acceptors (Lipinski definition) is 3. The van der Waals surface area contributed by atoms with Gasteiger partial charge in [-0.2, -0.15) is 0 Å². The van der Waals surface area contributed by atoms with Crippen molar-refractivity contribution in [2.75, 3.05) is 20.2 Å². The van der Waals surface area contributed by atoms with Crippen LogP contribution in [-0.4, -0.2) is 30.5 Å². The summed E-state index contributed by atoms with van der Waals surface area (Å²) in [5, 5.41) is 4.25. The lowest BCUT2D eigenvalue weighted by Crippen LogP contribution is -2.31. The number of carbonyl (C=O) groups excluding carboxylic acids is 1. The summed E-state index contributed by atoms with van der Waals surface area (Å²) >= 11 is 0. The molecule has 4 nitrogen and oxygen atoms in total. The van der Waals surface area contributed by atoms with Crippen LogP contribution < -0.4 is 10.1 Å². The van der Waals surface area contributed by atoms with E-state index in [1.54, 1.807) is 7.11 Å². The van der Waals surface area contributed by atoms with Crippen molar-refractivity contribution in [1.82, 2.24) is 9.88 Å². The van der Waals surface area contributed by atoms with E-state index in [0.29, 0.717) is 0 Å². The SMILES string of the molecule is COc1cccc2c1c(C(=O)C1CCNCC1)cn2C. The lowest BCUT2D eigenvalue weighted by molar-refractivity contribution is 0.0896. The van der Waals surface area contributed by atoms with Crippen molar-refractivity contribution >= 4 is 16.7 Å². The summed E-state index contributed by atoms with van der Waals surface area (Å²) in [4.78, 5) is 12.8. The van der Waals surface area contributed by atoms with Gasteiger partial charge in [-0.3, -0.25) is 4.79 Å². The van der Waals surface area contributed by atoms with Crippen LogP contribution in [-0.2, 0) is 7.05 Å². The van der Waals surface area contributed by atoms with Crippen molar-refractivity contribution in [2.45, 2.75) is 12.8 Å². The number of aryl methyl sites for hydroxylation is 1. The molecule has 1 saturated heterocycles. The highest BCUT2D eigenvalue weighted by Crippen LogP contribution is 2.32. The van der Waals surface area contributed by atoms with Gasteiger partial charge in [0, 0.05) is 24.7 Å². The Bertz CT molecular complexity index is 639. The maximum absolute atomic E-state index is 12.8. The molecule has 0 bridgehead atoms. The number of rotatable bonds is 3. The molecule has 1 N–H and O–H groups in total. The van der Waals surface area contributed by atoms with Crippen LogP contribution in [0.2, 0.25) is 0 Å². The number of nitrogens with zero attached hydrogens (tertiary/aromatic N) is 1. The second kappa shape index (κ2) is 5.29. The number of ether oxygens (including phenoxy) is 1. The Morgan fingerprint density at radius 2 is 2.10 bits per heavy atom. The Morgan fingerprint density at radius 1 is 1.35 bits per heavy atom. The number of piperidine rings is 1. The number of nitrogens with one attached hydrogen (secondary N) is 1. The minimum Gasteiger partial charge on any atom is -0.496 e. The number of methoxy groups -OCH3 is 1. The van der Waals surface area contributed by atoms with Crippen molar-refractivity contribution in [2.24, 2.45) is 13.0 Å². The maximum Gasteiger partial charge on any atom is 0.168 e. The third-order valence-corrected chi connectivity index (χ3v) is 4.17. The number of carbonyl (C=O) groups is 1. The van der Waals surface area contributed by atoms with Crippen molar-refractivity contribution in [3.8, 4) is 5.75 Å². The summed E-state index contributed by atoms with van der Waals surface area (Å²) in [6.07, 6.45) is 3.78. The maximum atomic E-state index is 12.8. The second-order valence-electron chi connectivity index (χ2n) is 5.40. The number of benzene rings is 1. The predicted molar refractivity (Wildman–Crippen MR) is 79.4 cm³/mol. The van der Waals surface area contributed by atoms with E-state index in [4.69, 9.17) is 4.74 Å². The average Bonchev–Trinajstić information content (AvgIpc) is 2.85. The quantitative estimate of drug-likeness (QED) is 0.872. The molecular formula is C16H20N2O2. The van der Waals surface area contributed by atoms with E-state index in [-0.39, 0.29) is 11.7 Å². The smallest absolute Gasteiger partial charge is 0.168 e. The first-order valence-corrected chi connectivity index (χ1v) is 7.09. The van der Waals surface area contributed by atoms with E-state index in [0.717, 1.165) is 48.1 Å². The molecule has 1 aliphatic heterocycles. The second-order valence-corrected chi connectivity index (χ2v) is 5.40. The van der Waals surface area contributed by atoms with Crippen molar-refractivity contribution in [1.29, 1.82) is 0 Å². The third-order valence-electron chi connectivity index (χ3n) is 4.17. The van der Waals surface area contributed by atoms with Gasteiger partial charge in [0.25, 0.3) is 0 Å². The number of fused-ring (bicyclic) bond motifs is 1. The first-order chi connectivity index (χ1) is 9.72. The first-order valence-electron chi connectivity index (χ1n) is 7.09. The van der Waals surface area contributed by atoms with Crippen LogP contribution in [0, 0.1) is 5.92 Å². The minimum absolute atomic E-state index is 0.131. The number of ketones is 1. The third kappa shape index (κ3) is 2.10. The van der Waals surface area contributed by atoms with Crippen LogP contribution in [0.1, 0.15) is 23.2 Å². The largest absolute Gasteiger partial charge is 0.496 e. The van der Waals surface area contributed by atoms with Gasteiger partial charge < -0.3 is 14.6 Å². The molecule has 106 valence electrons. The summed E-state index contributed by atoms with van der Waals surface area (Å²) in [5.41, 5.74) is 1.84. The molecule has 0 aliphatic carbocycles. The van der Waals surface area contributed by atoms with E-state index < -0.39 is 0 Å². The number of hydrogen-bond donors (Lipinski definition) is 1. The normalized spacial score (nSPS) is 16.5. The van der Waals surface area contributed by atoms with E-state index in [1.165, 1.54) is 0 Å².